The van der Waals surface area contributed by atoms with Crippen LogP contribution in [0.1, 0.15) is 12.5 Å². The fourth-order valence-corrected chi connectivity index (χ4v) is 1.26. The fraction of sp³-hybridized carbons (Fsp3) is 0.400. The molecule has 0 aliphatic rings. The second-order valence-corrected chi connectivity index (χ2v) is 3.15. The van der Waals surface area contributed by atoms with Gasteiger partial charge in [-0.3, -0.25) is 10.1 Å². The average Bonchev–Trinajstić information content (AvgIpc) is 2.18. The lowest BCUT2D eigenvalue weighted by atomic mass is 10.1. The second kappa shape index (κ2) is 4.60. The van der Waals surface area contributed by atoms with Crippen molar-refractivity contribution in [3.05, 3.63) is 39.9 Å². The van der Waals surface area contributed by atoms with Crippen molar-refractivity contribution in [2.75, 3.05) is 7.11 Å². The third-order valence-electron chi connectivity index (χ3n) is 2.07. The molecule has 0 N–H and O–H groups in total. The molecule has 76 valence electrons. The summed E-state index contributed by atoms with van der Waals surface area (Å²) in [7, 11) is 1.57. The van der Waals surface area contributed by atoms with Gasteiger partial charge in [0.05, 0.1) is 7.11 Å². The van der Waals surface area contributed by atoms with Crippen LogP contribution in [-0.2, 0) is 6.42 Å². The third-order valence-corrected chi connectivity index (χ3v) is 2.07. The minimum atomic E-state index is -0.578. The van der Waals surface area contributed by atoms with Gasteiger partial charge < -0.3 is 4.74 Å². The summed E-state index contributed by atoms with van der Waals surface area (Å²) >= 11 is 0. The van der Waals surface area contributed by atoms with Crippen molar-refractivity contribution in [3.63, 3.8) is 0 Å². The highest BCUT2D eigenvalue weighted by atomic mass is 16.6. The summed E-state index contributed by atoms with van der Waals surface area (Å²) in [6.07, 6.45) is 0.400. The first-order chi connectivity index (χ1) is 6.65. The fourth-order valence-electron chi connectivity index (χ4n) is 1.26. The van der Waals surface area contributed by atoms with E-state index in [0.717, 1.165) is 5.56 Å². The molecule has 0 amide bonds. The van der Waals surface area contributed by atoms with Crippen molar-refractivity contribution < 1.29 is 9.66 Å². The molecule has 0 fully saturated rings. The zero-order valence-corrected chi connectivity index (χ0v) is 8.27. The molecule has 0 aromatic heterocycles. The van der Waals surface area contributed by atoms with Crippen LogP contribution < -0.4 is 4.74 Å². The maximum atomic E-state index is 10.5. The molecule has 0 saturated carbocycles. The van der Waals surface area contributed by atoms with Crippen LogP contribution in [0.25, 0.3) is 0 Å². The number of hydrogen-bond acceptors (Lipinski definition) is 3. The topological polar surface area (TPSA) is 52.4 Å². The van der Waals surface area contributed by atoms with E-state index in [1.807, 2.05) is 24.3 Å². The molecular weight excluding hydrogens is 182 g/mol. The molecule has 0 spiro atoms. The monoisotopic (exact) mass is 195 g/mol. The van der Waals surface area contributed by atoms with E-state index in [9.17, 15) is 10.1 Å². The highest BCUT2D eigenvalue weighted by molar-refractivity contribution is 5.33. The standard InChI is InChI=1S/C10H13NO3/c1-8(11(12)13)7-9-5-3-4-6-10(9)14-2/h3-6,8H,7H2,1-2H3. The van der Waals surface area contributed by atoms with Crippen LogP contribution in [0.15, 0.2) is 24.3 Å². The van der Waals surface area contributed by atoms with E-state index < -0.39 is 6.04 Å². The van der Waals surface area contributed by atoms with Gasteiger partial charge in [-0.25, -0.2) is 0 Å². The van der Waals surface area contributed by atoms with Gasteiger partial charge in [0, 0.05) is 23.8 Å². The van der Waals surface area contributed by atoms with Gasteiger partial charge in [0.25, 0.3) is 0 Å². The zero-order chi connectivity index (χ0) is 10.6. The normalized spacial score (nSPS) is 12.1. The minimum Gasteiger partial charge on any atom is -0.496 e. The van der Waals surface area contributed by atoms with E-state index >= 15 is 0 Å². The van der Waals surface area contributed by atoms with E-state index in [-0.39, 0.29) is 4.92 Å². The Bertz CT molecular complexity index is 325. The third kappa shape index (κ3) is 2.45. The van der Waals surface area contributed by atoms with Gasteiger partial charge >= 0.3 is 0 Å². The Labute approximate surface area is 82.7 Å². The molecule has 0 aliphatic carbocycles. The molecule has 0 aliphatic heterocycles. The molecular formula is C10H13NO3. The summed E-state index contributed by atoms with van der Waals surface area (Å²) in [5.74, 6) is 0.709. The van der Waals surface area contributed by atoms with Crippen molar-refractivity contribution in [1.29, 1.82) is 0 Å². The number of nitro groups is 1. The number of methoxy groups -OCH3 is 1. The van der Waals surface area contributed by atoms with Crippen LogP contribution in [0.4, 0.5) is 0 Å². The van der Waals surface area contributed by atoms with Gasteiger partial charge in [-0.2, -0.15) is 0 Å². The molecule has 1 atom stereocenters. The van der Waals surface area contributed by atoms with E-state index in [2.05, 4.69) is 0 Å². The van der Waals surface area contributed by atoms with Gasteiger partial charge in [-0.1, -0.05) is 18.2 Å². The first kappa shape index (κ1) is 10.5. The molecule has 4 heteroatoms. The summed E-state index contributed by atoms with van der Waals surface area (Å²) < 4.78 is 5.10. The Morgan fingerprint density at radius 2 is 2.14 bits per heavy atom. The number of ether oxygens (including phenoxy) is 1. The number of rotatable bonds is 4. The van der Waals surface area contributed by atoms with Crippen LogP contribution in [0.2, 0.25) is 0 Å². The second-order valence-electron chi connectivity index (χ2n) is 3.15. The summed E-state index contributed by atoms with van der Waals surface area (Å²) in [5.41, 5.74) is 0.874. The summed E-state index contributed by atoms with van der Waals surface area (Å²) in [6, 6.07) is 6.77. The maximum absolute atomic E-state index is 10.5. The lowest BCUT2D eigenvalue weighted by Crippen LogP contribution is -2.18. The van der Waals surface area contributed by atoms with Crippen LogP contribution in [-0.4, -0.2) is 18.1 Å². The Morgan fingerprint density at radius 3 is 2.71 bits per heavy atom. The SMILES string of the molecule is COc1ccccc1CC(C)[N+](=O)[O-]. The maximum Gasteiger partial charge on any atom is 0.214 e. The van der Waals surface area contributed by atoms with Gasteiger partial charge in [-0.05, 0) is 6.07 Å². The van der Waals surface area contributed by atoms with Crippen LogP contribution in [0.5, 0.6) is 5.75 Å². The van der Waals surface area contributed by atoms with E-state index in [0.29, 0.717) is 12.2 Å². The number of benzene rings is 1. The lowest BCUT2D eigenvalue weighted by Gasteiger charge is -2.08. The zero-order valence-electron chi connectivity index (χ0n) is 8.27. The summed E-state index contributed by atoms with van der Waals surface area (Å²) in [6.45, 7) is 1.59. The molecule has 1 aromatic rings. The van der Waals surface area contributed by atoms with Crippen LogP contribution >= 0.6 is 0 Å². The molecule has 0 heterocycles. The van der Waals surface area contributed by atoms with E-state index in [4.69, 9.17) is 4.74 Å². The summed E-state index contributed by atoms with van der Waals surface area (Å²) in [4.78, 5) is 10.2. The van der Waals surface area contributed by atoms with Crippen molar-refractivity contribution in [2.45, 2.75) is 19.4 Å². The minimum absolute atomic E-state index is 0.285. The molecule has 1 unspecified atom stereocenters. The molecule has 14 heavy (non-hydrogen) atoms. The number of para-hydroxylation sites is 1. The van der Waals surface area contributed by atoms with Crippen molar-refractivity contribution >= 4 is 0 Å². The van der Waals surface area contributed by atoms with Crippen LogP contribution in [0, 0.1) is 10.1 Å². The number of nitrogens with zero attached hydrogens (tertiary/aromatic N) is 1. The molecule has 1 rings (SSSR count). The van der Waals surface area contributed by atoms with Crippen molar-refractivity contribution in [3.8, 4) is 5.75 Å². The highest BCUT2D eigenvalue weighted by Gasteiger charge is 2.15. The Kier molecular flexibility index (Phi) is 3.45. The predicted molar refractivity (Wildman–Crippen MR) is 53.2 cm³/mol. The summed E-state index contributed by atoms with van der Waals surface area (Å²) in [5, 5.41) is 10.5. The average molecular weight is 195 g/mol. The van der Waals surface area contributed by atoms with Gasteiger partial charge in [0.1, 0.15) is 5.75 Å². The highest BCUT2D eigenvalue weighted by Crippen LogP contribution is 2.19. The van der Waals surface area contributed by atoms with Crippen molar-refractivity contribution in [1.82, 2.24) is 0 Å². The smallest absolute Gasteiger partial charge is 0.214 e. The first-order valence-electron chi connectivity index (χ1n) is 4.40. The number of hydrogen-bond donors (Lipinski definition) is 0. The lowest BCUT2D eigenvalue weighted by molar-refractivity contribution is -0.517. The Balaban J connectivity index is 2.80. The van der Waals surface area contributed by atoms with Gasteiger partial charge in [0.2, 0.25) is 6.04 Å². The molecule has 0 saturated heterocycles. The molecule has 4 nitrogen and oxygen atoms in total. The van der Waals surface area contributed by atoms with Gasteiger partial charge in [0.15, 0.2) is 0 Å². The first-order valence-corrected chi connectivity index (χ1v) is 4.40. The quantitative estimate of drug-likeness (QED) is 0.544. The largest absolute Gasteiger partial charge is 0.496 e. The molecule has 0 bridgehead atoms. The predicted octanol–water partition coefficient (Wildman–Crippen LogP) is 1.90. The molecule has 0 radical (unpaired) electrons. The Morgan fingerprint density at radius 1 is 1.50 bits per heavy atom. The van der Waals surface area contributed by atoms with Crippen molar-refractivity contribution in [2.24, 2.45) is 0 Å². The van der Waals surface area contributed by atoms with Gasteiger partial charge in [-0.15, -0.1) is 0 Å². The van der Waals surface area contributed by atoms with Crippen LogP contribution in [0.3, 0.4) is 0 Å². The van der Waals surface area contributed by atoms with E-state index in [1.54, 1.807) is 14.0 Å². The molecule has 1 aromatic carbocycles. The Hall–Kier alpha value is -1.58. The van der Waals surface area contributed by atoms with E-state index in [1.165, 1.54) is 0 Å².